The lowest BCUT2D eigenvalue weighted by Crippen LogP contribution is -2.16. The van der Waals surface area contributed by atoms with E-state index in [0.29, 0.717) is 34.0 Å². The van der Waals surface area contributed by atoms with E-state index in [2.05, 4.69) is 25.5 Å². The van der Waals surface area contributed by atoms with Gasteiger partial charge < -0.3 is 5.32 Å². The number of benzene rings is 1. The average molecular weight is 350 g/mol. The van der Waals surface area contributed by atoms with E-state index in [9.17, 15) is 13.6 Å². The largest absolute Gasteiger partial charge is 0.321 e. The molecular formula is C15H10ClF2N5O. The summed E-state index contributed by atoms with van der Waals surface area (Å²) in [6.45, 7) is 1.75. The Hall–Kier alpha value is -2.87. The van der Waals surface area contributed by atoms with Gasteiger partial charge in [0.05, 0.1) is 11.2 Å². The Bertz CT molecular complexity index is 928. The van der Waals surface area contributed by atoms with Crippen molar-refractivity contribution in [2.45, 2.75) is 6.92 Å². The first-order chi connectivity index (χ1) is 11.4. The van der Waals surface area contributed by atoms with Gasteiger partial charge in [-0.25, -0.2) is 18.7 Å². The number of H-pyrrole nitrogens is 1. The Morgan fingerprint density at radius 2 is 2.08 bits per heavy atom. The highest BCUT2D eigenvalue weighted by Gasteiger charge is 2.16. The summed E-state index contributed by atoms with van der Waals surface area (Å²) in [4.78, 5) is 19.6. The molecule has 0 radical (unpaired) electrons. The normalized spacial score (nSPS) is 10.7. The van der Waals surface area contributed by atoms with Crippen LogP contribution in [0.5, 0.6) is 0 Å². The minimum Gasteiger partial charge on any atom is -0.321 e. The molecule has 3 aromatic rings. The maximum Gasteiger partial charge on any atom is 0.277 e. The smallest absolute Gasteiger partial charge is 0.277 e. The summed E-state index contributed by atoms with van der Waals surface area (Å²) >= 11 is 6.17. The lowest BCUT2D eigenvalue weighted by atomic mass is 10.2. The van der Waals surface area contributed by atoms with E-state index in [1.165, 1.54) is 6.07 Å². The molecule has 1 aromatic carbocycles. The van der Waals surface area contributed by atoms with Crippen LogP contribution in [0.1, 0.15) is 16.3 Å². The van der Waals surface area contributed by atoms with E-state index in [-0.39, 0.29) is 0 Å². The Morgan fingerprint density at radius 1 is 1.29 bits per heavy atom. The highest BCUT2D eigenvalue weighted by molar-refractivity contribution is 6.33. The number of aryl methyl sites for hydroxylation is 1. The molecule has 9 heteroatoms. The van der Waals surface area contributed by atoms with Gasteiger partial charge in [-0.05, 0) is 25.1 Å². The second-order valence-electron chi connectivity index (χ2n) is 4.88. The van der Waals surface area contributed by atoms with E-state index in [1.807, 2.05) is 0 Å². The fraction of sp³-hybridized carbons (Fsp3) is 0.0667. The van der Waals surface area contributed by atoms with Gasteiger partial charge in [-0.15, -0.1) is 0 Å². The van der Waals surface area contributed by atoms with Crippen LogP contribution in [0.25, 0.3) is 11.4 Å². The minimum atomic E-state index is -1.05. The fourth-order valence-electron chi connectivity index (χ4n) is 2.01. The standard InChI is InChI=1S/C15H10ClF2N5O/c1-7-20-14(23-22-7)10-3-2-9(5-11(10)16)21-15(24)13-12(18)4-8(17)6-19-13/h2-6H,1H3,(H,21,24)(H,20,22,23). The number of nitrogens with zero attached hydrogens (tertiary/aromatic N) is 3. The van der Waals surface area contributed by atoms with Gasteiger partial charge >= 0.3 is 0 Å². The molecule has 24 heavy (non-hydrogen) atoms. The molecule has 0 bridgehead atoms. The molecule has 0 atom stereocenters. The molecule has 1 amide bonds. The molecule has 0 aliphatic heterocycles. The number of anilines is 1. The zero-order valence-electron chi connectivity index (χ0n) is 12.3. The van der Waals surface area contributed by atoms with Crippen LogP contribution in [0.2, 0.25) is 5.02 Å². The predicted octanol–water partition coefficient (Wildman–Crippen LogP) is 3.36. The predicted molar refractivity (Wildman–Crippen MR) is 83.7 cm³/mol. The zero-order chi connectivity index (χ0) is 17.3. The molecule has 2 aromatic heterocycles. The molecule has 0 fully saturated rings. The lowest BCUT2D eigenvalue weighted by molar-refractivity contribution is 0.101. The van der Waals surface area contributed by atoms with Gasteiger partial charge in [0.1, 0.15) is 11.6 Å². The average Bonchev–Trinajstić information content (AvgIpc) is 2.93. The monoisotopic (exact) mass is 349 g/mol. The molecule has 3 rings (SSSR count). The van der Waals surface area contributed by atoms with Crippen molar-refractivity contribution in [3.05, 3.63) is 58.6 Å². The third-order valence-corrected chi connectivity index (χ3v) is 3.40. The number of carbonyl (C=O) groups excluding carboxylic acids is 1. The molecule has 0 unspecified atom stereocenters. The summed E-state index contributed by atoms with van der Waals surface area (Å²) < 4.78 is 26.4. The van der Waals surface area contributed by atoms with Gasteiger partial charge in [-0.3, -0.25) is 9.89 Å². The second kappa shape index (κ2) is 6.32. The summed E-state index contributed by atoms with van der Waals surface area (Å²) in [6, 6.07) is 5.24. The van der Waals surface area contributed by atoms with E-state index in [1.54, 1.807) is 19.1 Å². The molecule has 0 saturated carbocycles. The van der Waals surface area contributed by atoms with E-state index in [0.717, 1.165) is 6.20 Å². The van der Waals surface area contributed by atoms with Gasteiger partial charge in [0, 0.05) is 17.3 Å². The maximum absolute atomic E-state index is 13.6. The van der Waals surface area contributed by atoms with Crippen molar-refractivity contribution in [1.82, 2.24) is 20.2 Å². The molecular weight excluding hydrogens is 340 g/mol. The highest BCUT2D eigenvalue weighted by atomic mass is 35.5. The number of halogens is 3. The third kappa shape index (κ3) is 3.23. The Morgan fingerprint density at radius 3 is 2.71 bits per heavy atom. The first-order valence-corrected chi connectivity index (χ1v) is 7.13. The number of rotatable bonds is 3. The van der Waals surface area contributed by atoms with E-state index in [4.69, 9.17) is 11.6 Å². The summed E-state index contributed by atoms with van der Waals surface area (Å²) in [5.41, 5.74) is 0.387. The molecule has 0 spiro atoms. The Kier molecular flexibility index (Phi) is 4.22. The summed E-state index contributed by atoms with van der Waals surface area (Å²) in [5.74, 6) is -1.67. The lowest BCUT2D eigenvalue weighted by Gasteiger charge is -2.07. The van der Waals surface area contributed by atoms with Gasteiger partial charge in [-0.1, -0.05) is 11.6 Å². The fourth-order valence-corrected chi connectivity index (χ4v) is 2.27. The molecule has 2 N–H and O–H groups in total. The van der Waals surface area contributed by atoms with Crippen LogP contribution in [0.3, 0.4) is 0 Å². The number of aromatic nitrogens is 4. The molecule has 0 aliphatic carbocycles. The first kappa shape index (κ1) is 16.0. The van der Waals surface area contributed by atoms with Crippen molar-refractivity contribution < 1.29 is 13.6 Å². The first-order valence-electron chi connectivity index (χ1n) is 6.75. The Labute approximate surface area is 139 Å². The molecule has 2 heterocycles. The molecule has 122 valence electrons. The van der Waals surface area contributed by atoms with Crippen LogP contribution in [0, 0.1) is 18.6 Å². The zero-order valence-corrected chi connectivity index (χ0v) is 13.0. The summed E-state index contributed by atoms with van der Waals surface area (Å²) in [6.07, 6.45) is 0.764. The number of carbonyl (C=O) groups is 1. The van der Waals surface area contributed by atoms with Gasteiger partial charge in [-0.2, -0.15) is 5.10 Å². The van der Waals surface area contributed by atoms with Crippen LogP contribution in [-0.4, -0.2) is 26.1 Å². The van der Waals surface area contributed by atoms with Crippen LogP contribution >= 0.6 is 11.6 Å². The van der Waals surface area contributed by atoms with Crippen molar-refractivity contribution in [1.29, 1.82) is 0 Å². The van der Waals surface area contributed by atoms with Crippen molar-refractivity contribution in [2.75, 3.05) is 5.32 Å². The van der Waals surface area contributed by atoms with Crippen LogP contribution in [0.15, 0.2) is 30.5 Å². The van der Waals surface area contributed by atoms with Gasteiger partial charge in [0.2, 0.25) is 0 Å². The second-order valence-corrected chi connectivity index (χ2v) is 5.28. The van der Waals surface area contributed by atoms with E-state index >= 15 is 0 Å². The van der Waals surface area contributed by atoms with Gasteiger partial charge in [0.25, 0.3) is 5.91 Å². The van der Waals surface area contributed by atoms with Crippen LogP contribution in [0.4, 0.5) is 14.5 Å². The molecule has 0 saturated heterocycles. The number of hydrogen-bond acceptors (Lipinski definition) is 4. The van der Waals surface area contributed by atoms with Crippen LogP contribution < -0.4 is 5.32 Å². The number of nitrogens with one attached hydrogen (secondary N) is 2. The van der Waals surface area contributed by atoms with E-state index < -0.39 is 23.2 Å². The highest BCUT2D eigenvalue weighted by Crippen LogP contribution is 2.28. The number of amides is 1. The number of aromatic amines is 1. The summed E-state index contributed by atoms with van der Waals surface area (Å²) in [7, 11) is 0. The summed E-state index contributed by atoms with van der Waals surface area (Å²) in [5, 5.41) is 9.46. The van der Waals surface area contributed by atoms with Crippen molar-refractivity contribution in [3.63, 3.8) is 0 Å². The molecule has 0 aliphatic rings. The van der Waals surface area contributed by atoms with Crippen molar-refractivity contribution in [3.8, 4) is 11.4 Å². The SMILES string of the molecule is Cc1nc(-c2ccc(NC(=O)c3ncc(F)cc3F)cc2Cl)n[nH]1. The van der Waals surface area contributed by atoms with Crippen molar-refractivity contribution in [2.24, 2.45) is 0 Å². The topological polar surface area (TPSA) is 83.6 Å². The van der Waals surface area contributed by atoms with Crippen LogP contribution in [-0.2, 0) is 0 Å². The van der Waals surface area contributed by atoms with Crippen molar-refractivity contribution >= 4 is 23.2 Å². The third-order valence-electron chi connectivity index (χ3n) is 3.09. The molecule has 6 nitrogen and oxygen atoms in total. The minimum absolute atomic E-state index is 0.305. The number of hydrogen-bond donors (Lipinski definition) is 2. The maximum atomic E-state index is 13.6. The quantitative estimate of drug-likeness (QED) is 0.759. The van der Waals surface area contributed by atoms with Gasteiger partial charge in [0.15, 0.2) is 17.3 Å². The number of pyridine rings is 1. The Balaban J connectivity index is 1.83.